The SMILES string of the molecule is COCCNCC(=O)Nc1c(F)cc(F)cc1F. The van der Waals surface area contributed by atoms with E-state index >= 15 is 0 Å². The number of rotatable bonds is 6. The Morgan fingerprint density at radius 1 is 1.28 bits per heavy atom. The molecule has 1 rings (SSSR count). The Kier molecular flexibility index (Phi) is 5.60. The summed E-state index contributed by atoms with van der Waals surface area (Å²) in [6.45, 7) is 0.713. The maximum atomic E-state index is 13.2. The summed E-state index contributed by atoms with van der Waals surface area (Å²) in [7, 11) is 1.50. The van der Waals surface area contributed by atoms with Crippen LogP contribution in [0.25, 0.3) is 0 Å². The summed E-state index contributed by atoms with van der Waals surface area (Å²) in [6.07, 6.45) is 0. The van der Waals surface area contributed by atoms with E-state index in [0.29, 0.717) is 25.3 Å². The number of anilines is 1. The fourth-order valence-corrected chi connectivity index (χ4v) is 1.22. The largest absolute Gasteiger partial charge is 0.383 e. The van der Waals surface area contributed by atoms with E-state index in [-0.39, 0.29) is 6.54 Å². The Balaban J connectivity index is 2.54. The van der Waals surface area contributed by atoms with Gasteiger partial charge in [-0.25, -0.2) is 13.2 Å². The zero-order valence-corrected chi connectivity index (χ0v) is 9.73. The van der Waals surface area contributed by atoms with Gasteiger partial charge >= 0.3 is 0 Å². The molecule has 0 radical (unpaired) electrons. The number of methoxy groups -OCH3 is 1. The van der Waals surface area contributed by atoms with Gasteiger partial charge < -0.3 is 15.4 Å². The van der Waals surface area contributed by atoms with Crippen LogP contribution in [0.1, 0.15) is 0 Å². The minimum atomic E-state index is -1.15. The summed E-state index contributed by atoms with van der Waals surface area (Å²) in [6, 6.07) is 0.994. The van der Waals surface area contributed by atoms with Crippen molar-refractivity contribution in [3.05, 3.63) is 29.6 Å². The maximum absolute atomic E-state index is 13.2. The topological polar surface area (TPSA) is 50.4 Å². The lowest BCUT2D eigenvalue weighted by Crippen LogP contribution is -2.30. The van der Waals surface area contributed by atoms with E-state index in [9.17, 15) is 18.0 Å². The normalized spacial score (nSPS) is 10.4. The predicted octanol–water partition coefficient (Wildman–Crippen LogP) is 1.28. The summed E-state index contributed by atoms with van der Waals surface area (Å²) >= 11 is 0. The van der Waals surface area contributed by atoms with Gasteiger partial charge in [-0.2, -0.15) is 0 Å². The zero-order valence-electron chi connectivity index (χ0n) is 9.73. The van der Waals surface area contributed by atoms with Crippen molar-refractivity contribution in [2.75, 3.05) is 32.1 Å². The molecule has 18 heavy (non-hydrogen) atoms. The first-order valence-electron chi connectivity index (χ1n) is 5.18. The van der Waals surface area contributed by atoms with Gasteiger partial charge in [-0.1, -0.05) is 0 Å². The van der Waals surface area contributed by atoms with Crippen molar-refractivity contribution >= 4 is 11.6 Å². The summed E-state index contributed by atoms with van der Waals surface area (Å²) in [5.74, 6) is -3.98. The number of halogens is 3. The monoisotopic (exact) mass is 262 g/mol. The third-order valence-electron chi connectivity index (χ3n) is 2.04. The molecule has 0 aromatic heterocycles. The van der Waals surface area contributed by atoms with Gasteiger partial charge in [0.1, 0.15) is 11.5 Å². The lowest BCUT2D eigenvalue weighted by Gasteiger charge is -2.08. The minimum Gasteiger partial charge on any atom is -0.383 e. The van der Waals surface area contributed by atoms with Crippen molar-refractivity contribution in [3.63, 3.8) is 0 Å². The van der Waals surface area contributed by atoms with Gasteiger partial charge in [0.25, 0.3) is 0 Å². The van der Waals surface area contributed by atoms with Gasteiger partial charge in [-0.15, -0.1) is 0 Å². The first-order chi connectivity index (χ1) is 8.54. The third kappa shape index (κ3) is 4.34. The molecule has 0 aliphatic carbocycles. The molecule has 0 spiro atoms. The van der Waals surface area contributed by atoms with Crippen molar-refractivity contribution in [2.45, 2.75) is 0 Å². The summed E-state index contributed by atoms with van der Waals surface area (Å²) < 4.78 is 43.7. The standard InChI is InChI=1S/C11H13F3N2O2/c1-18-3-2-15-6-10(17)16-11-8(13)4-7(12)5-9(11)14/h4-5,15H,2-3,6H2,1H3,(H,16,17). The predicted molar refractivity (Wildman–Crippen MR) is 59.7 cm³/mol. The molecule has 1 aromatic rings. The van der Waals surface area contributed by atoms with E-state index in [4.69, 9.17) is 4.74 Å². The van der Waals surface area contributed by atoms with Crippen LogP contribution in [0.5, 0.6) is 0 Å². The summed E-state index contributed by atoms with van der Waals surface area (Å²) in [4.78, 5) is 11.3. The van der Waals surface area contributed by atoms with E-state index in [2.05, 4.69) is 5.32 Å². The van der Waals surface area contributed by atoms with Gasteiger partial charge in [-0.05, 0) is 0 Å². The van der Waals surface area contributed by atoms with Gasteiger partial charge in [0.05, 0.1) is 13.2 Å². The quantitative estimate of drug-likeness (QED) is 0.759. The lowest BCUT2D eigenvalue weighted by molar-refractivity contribution is -0.115. The van der Waals surface area contributed by atoms with Crippen LogP contribution in [0.15, 0.2) is 12.1 Å². The van der Waals surface area contributed by atoms with Crippen LogP contribution in [0.4, 0.5) is 18.9 Å². The molecule has 0 aliphatic heterocycles. The van der Waals surface area contributed by atoms with Crippen LogP contribution < -0.4 is 10.6 Å². The van der Waals surface area contributed by atoms with Gasteiger partial charge in [0.2, 0.25) is 5.91 Å². The first-order valence-corrected chi connectivity index (χ1v) is 5.18. The van der Waals surface area contributed by atoms with Gasteiger partial charge in [0, 0.05) is 25.8 Å². The highest BCUT2D eigenvalue weighted by atomic mass is 19.1. The smallest absolute Gasteiger partial charge is 0.238 e. The Labute approximate surface area is 102 Å². The third-order valence-corrected chi connectivity index (χ3v) is 2.04. The van der Waals surface area contributed by atoms with Crippen molar-refractivity contribution in [1.82, 2.24) is 5.32 Å². The number of amides is 1. The Morgan fingerprint density at radius 3 is 2.44 bits per heavy atom. The molecular formula is C11H13F3N2O2. The van der Waals surface area contributed by atoms with Crippen LogP contribution in [0.3, 0.4) is 0 Å². The van der Waals surface area contributed by atoms with E-state index in [1.165, 1.54) is 7.11 Å². The fraction of sp³-hybridized carbons (Fsp3) is 0.364. The number of carbonyl (C=O) groups is 1. The molecule has 2 N–H and O–H groups in total. The number of ether oxygens (including phenoxy) is 1. The summed E-state index contributed by atoms with van der Waals surface area (Å²) in [5.41, 5.74) is -0.657. The van der Waals surface area contributed by atoms with Crippen LogP contribution in [-0.4, -0.2) is 32.7 Å². The highest BCUT2D eigenvalue weighted by Crippen LogP contribution is 2.19. The average Bonchev–Trinajstić information content (AvgIpc) is 2.29. The molecule has 7 heteroatoms. The summed E-state index contributed by atoms with van der Waals surface area (Å²) in [5, 5.41) is 4.72. The highest BCUT2D eigenvalue weighted by Gasteiger charge is 2.13. The Hall–Kier alpha value is -1.60. The molecule has 0 saturated carbocycles. The number of nitrogens with one attached hydrogen (secondary N) is 2. The molecular weight excluding hydrogens is 249 g/mol. The number of benzene rings is 1. The van der Waals surface area contributed by atoms with E-state index < -0.39 is 29.0 Å². The van der Waals surface area contributed by atoms with E-state index in [1.54, 1.807) is 0 Å². The molecule has 0 atom stereocenters. The van der Waals surface area contributed by atoms with Gasteiger partial charge in [0.15, 0.2) is 11.6 Å². The van der Waals surface area contributed by atoms with E-state index in [1.807, 2.05) is 5.32 Å². The zero-order chi connectivity index (χ0) is 13.5. The second kappa shape index (κ2) is 6.97. The molecule has 1 amide bonds. The molecule has 0 saturated heterocycles. The molecule has 0 unspecified atom stereocenters. The van der Waals surface area contributed by atoms with Crippen molar-refractivity contribution < 1.29 is 22.7 Å². The van der Waals surface area contributed by atoms with Crippen molar-refractivity contribution in [1.29, 1.82) is 0 Å². The van der Waals surface area contributed by atoms with Crippen LogP contribution in [-0.2, 0) is 9.53 Å². The lowest BCUT2D eigenvalue weighted by atomic mass is 10.2. The van der Waals surface area contributed by atoms with Crippen LogP contribution in [0.2, 0.25) is 0 Å². The number of carbonyl (C=O) groups excluding carboxylic acids is 1. The second-order valence-corrected chi connectivity index (χ2v) is 3.46. The van der Waals surface area contributed by atoms with Crippen molar-refractivity contribution in [3.8, 4) is 0 Å². The molecule has 0 fully saturated rings. The molecule has 100 valence electrons. The Morgan fingerprint density at radius 2 is 1.89 bits per heavy atom. The highest BCUT2D eigenvalue weighted by molar-refractivity contribution is 5.92. The molecule has 0 aliphatic rings. The molecule has 0 bridgehead atoms. The first kappa shape index (κ1) is 14.5. The fourth-order valence-electron chi connectivity index (χ4n) is 1.22. The van der Waals surface area contributed by atoms with Crippen LogP contribution in [0, 0.1) is 17.5 Å². The van der Waals surface area contributed by atoms with E-state index in [0.717, 1.165) is 0 Å². The Bertz CT molecular complexity index is 404. The average molecular weight is 262 g/mol. The molecule has 1 aromatic carbocycles. The van der Waals surface area contributed by atoms with Crippen LogP contribution >= 0.6 is 0 Å². The molecule has 4 nitrogen and oxygen atoms in total. The minimum absolute atomic E-state index is 0.125. The van der Waals surface area contributed by atoms with Gasteiger partial charge in [-0.3, -0.25) is 4.79 Å². The number of hydrogen-bond acceptors (Lipinski definition) is 3. The maximum Gasteiger partial charge on any atom is 0.238 e. The molecule has 0 heterocycles. The number of hydrogen-bond donors (Lipinski definition) is 2. The van der Waals surface area contributed by atoms with Crippen molar-refractivity contribution in [2.24, 2.45) is 0 Å². The second-order valence-electron chi connectivity index (χ2n) is 3.46.